The van der Waals surface area contributed by atoms with E-state index >= 15 is 0 Å². The van der Waals surface area contributed by atoms with E-state index in [9.17, 15) is 9.59 Å². The molecule has 1 aromatic carbocycles. The quantitative estimate of drug-likeness (QED) is 0.716. The average Bonchev–Trinajstić information content (AvgIpc) is 3.12. The highest BCUT2D eigenvalue weighted by Crippen LogP contribution is 2.48. The molecule has 29 heavy (non-hydrogen) atoms. The first-order valence-corrected chi connectivity index (χ1v) is 11.4. The first kappa shape index (κ1) is 19.4. The van der Waals surface area contributed by atoms with Crippen LogP contribution < -0.4 is 0 Å². The molecule has 5 nitrogen and oxygen atoms in total. The van der Waals surface area contributed by atoms with Crippen LogP contribution in [0.1, 0.15) is 67.8 Å². The van der Waals surface area contributed by atoms with E-state index in [0.29, 0.717) is 31.2 Å². The van der Waals surface area contributed by atoms with Crippen molar-refractivity contribution in [2.75, 3.05) is 19.7 Å². The molecule has 1 spiro atoms. The van der Waals surface area contributed by atoms with E-state index < -0.39 is 0 Å². The Morgan fingerprint density at radius 2 is 1.86 bits per heavy atom. The van der Waals surface area contributed by atoms with E-state index in [1.165, 1.54) is 5.56 Å². The Hall–Kier alpha value is -1.59. The van der Waals surface area contributed by atoms with Crippen LogP contribution in [0, 0.1) is 0 Å². The molecule has 3 fully saturated rings. The number of rotatable bonds is 2. The number of halogens is 1. The Kier molecular flexibility index (Phi) is 4.86. The van der Waals surface area contributed by atoms with Gasteiger partial charge >= 0.3 is 6.09 Å². The molecular formula is C23H29ClN2O3. The Morgan fingerprint density at radius 1 is 1.17 bits per heavy atom. The van der Waals surface area contributed by atoms with Gasteiger partial charge in [0.2, 0.25) is 0 Å². The van der Waals surface area contributed by atoms with Crippen LogP contribution in [0.15, 0.2) is 18.2 Å². The van der Waals surface area contributed by atoms with Gasteiger partial charge in [0.1, 0.15) is 0 Å². The minimum absolute atomic E-state index is 0.0293. The molecule has 0 aromatic heterocycles. The van der Waals surface area contributed by atoms with E-state index in [1.807, 2.05) is 30.0 Å². The minimum Gasteiger partial charge on any atom is -0.450 e. The third-order valence-corrected chi connectivity index (χ3v) is 8.05. The number of hydrogen-bond acceptors (Lipinski definition) is 4. The summed E-state index contributed by atoms with van der Waals surface area (Å²) in [7, 11) is 0. The molecule has 4 aliphatic rings. The molecule has 5 rings (SSSR count). The molecule has 0 radical (unpaired) electrons. The Balaban J connectivity index is 1.27. The molecule has 1 aliphatic carbocycles. The van der Waals surface area contributed by atoms with Crippen molar-refractivity contribution in [1.82, 2.24) is 9.80 Å². The number of likely N-dealkylation sites (tertiary alicyclic amines) is 1. The zero-order valence-corrected chi connectivity index (χ0v) is 17.8. The van der Waals surface area contributed by atoms with Gasteiger partial charge in [0.05, 0.1) is 6.61 Å². The third kappa shape index (κ3) is 3.17. The van der Waals surface area contributed by atoms with Gasteiger partial charge in [-0.05, 0) is 82.3 Å². The summed E-state index contributed by atoms with van der Waals surface area (Å²) in [6, 6.07) is 6.94. The lowest BCUT2D eigenvalue weighted by molar-refractivity contribution is 0.0272. The molecule has 156 valence electrons. The molecule has 3 aliphatic heterocycles. The third-order valence-electron chi connectivity index (χ3n) is 7.81. The highest BCUT2D eigenvalue weighted by atomic mass is 35.5. The van der Waals surface area contributed by atoms with Gasteiger partial charge in [-0.3, -0.25) is 4.79 Å². The van der Waals surface area contributed by atoms with Crippen molar-refractivity contribution in [2.45, 2.75) is 75.4 Å². The van der Waals surface area contributed by atoms with E-state index in [0.717, 1.165) is 62.2 Å². The maximum atomic E-state index is 12.6. The number of hydrogen-bond donors (Lipinski definition) is 0. The first-order valence-electron chi connectivity index (χ1n) is 11.0. The summed E-state index contributed by atoms with van der Waals surface area (Å²) in [6.07, 6.45) is 6.81. The van der Waals surface area contributed by atoms with Crippen molar-refractivity contribution >= 4 is 23.5 Å². The lowest BCUT2D eigenvalue weighted by Crippen LogP contribution is -2.55. The SMILES string of the molecule is CCOC(=O)N1C2CCC1CC(N1CCC3(CC1)CC(=O)c1ccc(Cl)cc13)C2. The molecule has 2 atom stereocenters. The van der Waals surface area contributed by atoms with Crippen LogP contribution in [0.5, 0.6) is 0 Å². The first-order chi connectivity index (χ1) is 14.0. The molecule has 0 saturated carbocycles. The van der Waals surface area contributed by atoms with Crippen molar-refractivity contribution in [1.29, 1.82) is 0 Å². The minimum atomic E-state index is -0.131. The Bertz CT molecular complexity index is 819. The summed E-state index contributed by atoms with van der Waals surface area (Å²) in [5.74, 6) is 0.269. The van der Waals surface area contributed by atoms with Crippen molar-refractivity contribution in [2.24, 2.45) is 0 Å². The fourth-order valence-corrected chi connectivity index (χ4v) is 6.57. The molecule has 2 bridgehead atoms. The predicted octanol–water partition coefficient (Wildman–Crippen LogP) is 4.41. The van der Waals surface area contributed by atoms with Crippen LogP contribution in [0.2, 0.25) is 5.02 Å². The van der Waals surface area contributed by atoms with Crippen LogP contribution in [-0.2, 0) is 10.2 Å². The van der Waals surface area contributed by atoms with Crippen molar-refractivity contribution in [3.63, 3.8) is 0 Å². The summed E-state index contributed by atoms with van der Waals surface area (Å²) < 4.78 is 5.29. The number of carbonyl (C=O) groups excluding carboxylic acids is 2. The second-order valence-corrected chi connectivity index (χ2v) is 9.66. The monoisotopic (exact) mass is 416 g/mol. The van der Waals surface area contributed by atoms with Gasteiger partial charge in [0.15, 0.2) is 5.78 Å². The largest absolute Gasteiger partial charge is 0.450 e. The zero-order valence-electron chi connectivity index (χ0n) is 17.0. The highest BCUT2D eigenvalue weighted by molar-refractivity contribution is 6.30. The van der Waals surface area contributed by atoms with Gasteiger partial charge in [-0.1, -0.05) is 11.6 Å². The van der Waals surface area contributed by atoms with Crippen LogP contribution in [0.25, 0.3) is 0 Å². The number of ketones is 1. The maximum absolute atomic E-state index is 12.6. The van der Waals surface area contributed by atoms with Crippen LogP contribution in [0.3, 0.4) is 0 Å². The van der Waals surface area contributed by atoms with Crippen LogP contribution in [-0.4, -0.2) is 59.5 Å². The number of fused-ring (bicyclic) bond motifs is 4. The molecule has 3 heterocycles. The van der Waals surface area contributed by atoms with E-state index in [4.69, 9.17) is 16.3 Å². The lowest BCUT2D eigenvalue weighted by atomic mass is 9.73. The van der Waals surface area contributed by atoms with Gasteiger partial charge < -0.3 is 14.5 Å². The number of Topliss-reactive ketones (excluding diaryl/α,β-unsaturated/α-hetero) is 1. The second kappa shape index (κ2) is 7.28. The fraction of sp³-hybridized carbons (Fsp3) is 0.652. The summed E-state index contributed by atoms with van der Waals surface area (Å²) >= 11 is 6.26. The lowest BCUT2D eigenvalue weighted by Gasteiger charge is -2.47. The second-order valence-electron chi connectivity index (χ2n) is 9.22. The number of piperidine rings is 2. The molecule has 3 saturated heterocycles. The highest BCUT2D eigenvalue weighted by Gasteiger charge is 2.49. The summed E-state index contributed by atoms with van der Waals surface area (Å²) in [6.45, 7) is 4.34. The number of ether oxygens (including phenoxy) is 1. The summed E-state index contributed by atoms with van der Waals surface area (Å²) in [4.78, 5) is 29.5. The summed E-state index contributed by atoms with van der Waals surface area (Å²) in [5.41, 5.74) is 2.02. The zero-order chi connectivity index (χ0) is 20.2. The smallest absolute Gasteiger partial charge is 0.410 e. The van der Waals surface area contributed by atoms with E-state index in [-0.39, 0.29) is 17.3 Å². The van der Waals surface area contributed by atoms with E-state index in [2.05, 4.69) is 4.90 Å². The number of amides is 1. The van der Waals surface area contributed by atoms with Crippen molar-refractivity contribution in [3.8, 4) is 0 Å². The van der Waals surface area contributed by atoms with Crippen LogP contribution >= 0.6 is 11.6 Å². The number of carbonyl (C=O) groups is 2. The molecule has 1 amide bonds. The maximum Gasteiger partial charge on any atom is 0.410 e. The molecule has 2 unspecified atom stereocenters. The van der Waals surface area contributed by atoms with Gasteiger partial charge in [-0.25, -0.2) is 4.79 Å². The predicted molar refractivity (Wildman–Crippen MR) is 112 cm³/mol. The van der Waals surface area contributed by atoms with Crippen molar-refractivity contribution in [3.05, 3.63) is 34.3 Å². The Labute approximate surface area is 177 Å². The van der Waals surface area contributed by atoms with Crippen LogP contribution in [0.4, 0.5) is 4.79 Å². The average molecular weight is 417 g/mol. The van der Waals surface area contributed by atoms with Gasteiger partial charge in [-0.15, -0.1) is 0 Å². The molecule has 0 N–H and O–H groups in total. The van der Waals surface area contributed by atoms with Gasteiger partial charge in [0.25, 0.3) is 0 Å². The van der Waals surface area contributed by atoms with Gasteiger partial charge in [0, 0.05) is 40.5 Å². The topological polar surface area (TPSA) is 49.9 Å². The summed E-state index contributed by atoms with van der Waals surface area (Å²) in [5, 5.41) is 0.725. The van der Waals surface area contributed by atoms with Gasteiger partial charge in [-0.2, -0.15) is 0 Å². The number of benzene rings is 1. The van der Waals surface area contributed by atoms with E-state index in [1.54, 1.807) is 0 Å². The Morgan fingerprint density at radius 3 is 2.52 bits per heavy atom. The molecular weight excluding hydrogens is 388 g/mol. The standard InChI is InChI=1S/C23H29ClN2O3/c1-2-29-22(28)26-16-4-5-17(26)13-18(12-16)25-9-7-23(8-10-25)14-21(27)19-6-3-15(24)11-20(19)23/h3,6,11,16-18H,2,4-5,7-10,12-14H2,1H3. The molecule has 1 aromatic rings. The van der Waals surface area contributed by atoms with Crippen molar-refractivity contribution < 1.29 is 14.3 Å². The number of nitrogens with zero attached hydrogens (tertiary/aromatic N) is 2. The molecule has 6 heteroatoms. The normalized spacial score (nSPS) is 30.6. The fourth-order valence-electron chi connectivity index (χ4n) is 6.40.